The molecule has 2 heterocycles. The summed E-state index contributed by atoms with van der Waals surface area (Å²) in [6.07, 6.45) is 7.58. The van der Waals surface area contributed by atoms with Crippen LogP contribution in [0.25, 0.3) is 0 Å². The maximum absolute atomic E-state index is 12.1. The molecule has 0 radical (unpaired) electrons. The molecular formula is C19H33N5O3S. The van der Waals surface area contributed by atoms with Gasteiger partial charge in [0, 0.05) is 26.7 Å². The van der Waals surface area contributed by atoms with Gasteiger partial charge < -0.3 is 15.1 Å². The smallest absolute Gasteiger partial charge is 0.213 e. The number of nitrogens with one attached hydrogen (secondary N) is 3. The van der Waals surface area contributed by atoms with Crippen molar-refractivity contribution in [2.75, 3.05) is 45.5 Å². The molecule has 1 aromatic rings. The standard InChI is InChI=1S/C19H33N5O3S/c1-20-19(21-9-13-28(25,26)23-14-16-6-4-7-16)22-15-17(18-8-5-12-27-18)24-10-2-3-11-24/h5,8,12,16-17,23H,2-4,6-7,9-11,13-15H2,1H3,(H2,20,21,22). The van der Waals surface area contributed by atoms with E-state index in [0.29, 0.717) is 31.5 Å². The summed E-state index contributed by atoms with van der Waals surface area (Å²) in [6, 6.07) is 4.05. The highest BCUT2D eigenvalue weighted by atomic mass is 32.2. The Morgan fingerprint density at radius 2 is 2.07 bits per heavy atom. The van der Waals surface area contributed by atoms with Crippen LogP contribution in [0.4, 0.5) is 0 Å². The quantitative estimate of drug-likeness (QED) is 0.397. The van der Waals surface area contributed by atoms with Crippen molar-refractivity contribution in [1.82, 2.24) is 20.3 Å². The van der Waals surface area contributed by atoms with E-state index in [2.05, 4.69) is 25.2 Å². The van der Waals surface area contributed by atoms with E-state index >= 15 is 0 Å². The summed E-state index contributed by atoms with van der Waals surface area (Å²) in [4.78, 5) is 6.62. The van der Waals surface area contributed by atoms with E-state index in [1.165, 1.54) is 19.3 Å². The lowest BCUT2D eigenvalue weighted by atomic mass is 9.86. The van der Waals surface area contributed by atoms with Gasteiger partial charge in [-0.1, -0.05) is 6.42 Å². The summed E-state index contributed by atoms with van der Waals surface area (Å²) in [5.41, 5.74) is 0. The van der Waals surface area contributed by atoms with E-state index in [1.807, 2.05) is 12.1 Å². The molecule has 9 heteroatoms. The van der Waals surface area contributed by atoms with E-state index in [1.54, 1.807) is 13.3 Å². The molecule has 1 unspecified atom stereocenters. The van der Waals surface area contributed by atoms with E-state index in [0.717, 1.165) is 31.7 Å². The third-order valence-electron chi connectivity index (χ3n) is 5.62. The second-order valence-corrected chi connectivity index (χ2v) is 9.54. The predicted octanol–water partition coefficient (Wildman–Crippen LogP) is 1.30. The van der Waals surface area contributed by atoms with Gasteiger partial charge in [-0.05, 0) is 56.8 Å². The molecule has 1 aliphatic carbocycles. The van der Waals surface area contributed by atoms with Crippen molar-refractivity contribution in [3.05, 3.63) is 24.2 Å². The number of hydrogen-bond donors (Lipinski definition) is 3. The summed E-state index contributed by atoms with van der Waals surface area (Å²) < 4.78 is 32.6. The van der Waals surface area contributed by atoms with Crippen molar-refractivity contribution in [1.29, 1.82) is 0 Å². The van der Waals surface area contributed by atoms with Crippen LogP contribution in [0.2, 0.25) is 0 Å². The highest BCUT2D eigenvalue weighted by molar-refractivity contribution is 7.89. The van der Waals surface area contributed by atoms with Crippen LogP contribution in [0.1, 0.15) is 43.9 Å². The molecule has 0 aromatic carbocycles. The summed E-state index contributed by atoms with van der Waals surface area (Å²) in [7, 11) is -1.56. The Morgan fingerprint density at radius 3 is 2.68 bits per heavy atom. The highest BCUT2D eigenvalue weighted by Crippen LogP contribution is 2.25. The van der Waals surface area contributed by atoms with E-state index in [9.17, 15) is 8.42 Å². The van der Waals surface area contributed by atoms with Gasteiger partial charge in [-0.25, -0.2) is 13.1 Å². The van der Waals surface area contributed by atoms with Crippen molar-refractivity contribution in [3.63, 3.8) is 0 Å². The van der Waals surface area contributed by atoms with Crippen LogP contribution >= 0.6 is 0 Å². The molecule has 3 N–H and O–H groups in total. The molecular weight excluding hydrogens is 378 g/mol. The van der Waals surface area contributed by atoms with Gasteiger partial charge >= 0.3 is 0 Å². The molecule has 2 aliphatic rings. The monoisotopic (exact) mass is 411 g/mol. The first-order chi connectivity index (χ1) is 13.6. The molecule has 3 rings (SSSR count). The molecule has 0 bridgehead atoms. The lowest BCUT2D eigenvalue weighted by Gasteiger charge is -2.27. The van der Waals surface area contributed by atoms with Gasteiger partial charge in [-0.15, -0.1) is 0 Å². The molecule has 28 heavy (non-hydrogen) atoms. The van der Waals surface area contributed by atoms with E-state index in [4.69, 9.17) is 4.42 Å². The first-order valence-corrected chi connectivity index (χ1v) is 11.9. The number of sulfonamides is 1. The summed E-state index contributed by atoms with van der Waals surface area (Å²) >= 11 is 0. The molecule has 0 amide bonds. The topological polar surface area (TPSA) is 99.0 Å². The molecule has 1 aliphatic heterocycles. The van der Waals surface area contributed by atoms with Gasteiger partial charge in [0.25, 0.3) is 0 Å². The lowest BCUT2D eigenvalue weighted by molar-refractivity contribution is 0.215. The Bertz CT molecular complexity index is 710. The zero-order valence-electron chi connectivity index (χ0n) is 16.7. The van der Waals surface area contributed by atoms with Gasteiger partial charge in [0.15, 0.2) is 5.96 Å². The number of furan rings is 1. The van der Waals surface area contributed by atoms with Crippen molar-refractivity contribution < 1.29 is 12.8 Å². The summed E-state index contributed by atoms with van der Waals surface area (Å²) in [5.74, 6) is 2.09. The first kappa shape index (κ1) is 21.1. The summed E-state index contributed by atoms with van der Waals surface area (Å²) in [6.45, 7) is 3.65. The molecule has 2 fully saturated rings. The molecule has 0 spiro atoms. The zero-order valence-corrected chi connectivity index (χ0v) is 17.5. The van der Waals surface area contributed by atoms with Crippen LogP contribution in [0.15, 0.2) is 27.8 Å². The van der Waals surface area contributed by atoms with Gasteiger partial charge in [-0.3, -0.25) is 9.89 Å². The Kier molecular flexibility index (Phi) is 7.75. The van der Waals surface area contributed by atoms with Crippen LogP contribution in [0.3, 0.4) is 0 Å². The van der Waals surface area contributed by atoms with Crippen LogP contribution in [-0.4, -0.2) is 64.8 Å². The largest absolute Gasteiger partial charge is 0.468 e. The minimum atomic E-state index is -3.26. The zero-order chi connectivity index (χ0) is 19.8. The van der Waals surface area contributed by atoms with Gasteiger partial charge in [0.05, 0.1) is 18.1 Å². The summed E-state index contributed by atoms with van der Waals surface area (Å²) in [5, 5.41) is 6.41. The number of rotatable bonds is 10. The second-order valence-electron chi connectivity index (χ2n) is 7.62. The van der Waals surface area contributed by atoms with Crippen LogP contribution < -0.4 is 15.4 Å². The molecule has 1 saturated heterocycles. The van der Waals surface area contributed by atoms with Crippen molar-refractivity contribution in [2.45, 2.75) is 38.1 Å². The maximum atomic E-state index is 12.1. The average Bonchev–Trinajstić information content (AvgIpc) is 3.33. The fraction of sp³-hybridized carbons (Fsp3) is 0.737. The molecule has 1 saturated carbocycles. The fourth-order valence-corrected chi connectivity index (χ4v) is 4.68. The third kappa shape index (κ3) is 6.22. The Balaban J connectivity index is 1.43. The SMILES string of the molecule is CN=C(NCCS(=O)(=O)NCC1CCC1)NCC(c1ccco1)N1CCCC1. The van der Waals surface area contributed by atoms with Crippen molar-refractivity contribution >= 4 is 16.0 Å². The van der Waals surface area contributed by atoms with E-state index < -0.39 is 10.0 Å². The highest BCUT2D eigenvalue weighted by Gasteiger charge is 2.25. The normalized spacial score (nSPS) is 20.1. The van der Waals surface area contributed by atoms with Crippen LogP contribution in [-0.2, 0) is 10.0 Å². The van der Waals surface area contributed by atoms with E-state index in [-0.39, 0.29) is 11.8 Å². The Morgan fingerprint density at radius 1 is 1.29 bits per heavy atom. The molecule has 1 aromatic heterocycles. The number of nitrogens with zero attached hydrogens (tertiary/aromatic N) is 2. The predicted molar refractivity (Wildman–Crippen MR) is 111 cm³/mol. The number of hydrogen-bond acceptors (Lipinski definition) is 5. The number of likely N-dealkylation sites (tertiary alicyclic amines) is 1. The minimum absolute atomic E-state index is 0.0359. The van der Waals surface area contributed by atoms with Crippen molar-refractivity contribution in [3.8, 4) is 0 Å². The first-order valence-electron chi connectivity index (χ1n) is 10.3. The molecule has 1 atom stereocenters. The fourth-order valence-electron chi connectivity index (χ4n) is 3.68. The van der Waals surface area contributed by atoms with Crippen LogP contribution in [0, 0.1) is 5.92 Å². The Hall–Kier alpha value is -1.58. The van der Waals surface area contributed by atoms with Crippen molar-refractivity contribution in [2.24, 2.45) is 10.9 Å². The Labute approximate surface area is 168 Å². The molecule has 158 valence electrons. The van der Waals surface area contributed by atoms with Gasteiger partial charge in [0.2, 0.25) is 10.0 Å². The third-order valence-corrected chi connectivity index (χ3v) is 6.97. The average molecular weight is 412 g/mol. The van der Waals surface area contributed by atoms with Gasteiger partial charge in [0.1, 0.15) is 5.76 Å². The van der Waals surface area contributed by atoms with Gasteiger partial charge in [-0.2, -0.15) is 0 Å². The number of guanidine groups is 1. The minimum Gasteiger partial charge on any atom is -0.468 e. The lowest BCUT2D eigenvalue weighted by Crippen LogP contribution is -2.44. The maximum Gasteiger partial charge on any atom is 0.213 e. The molecule has 8 nitrogen and oxygen atoms in total. The number of aliphatic imine (C=N–C) groups is 1. The second kappa shape index (κ2) is 10.3. The van der Waals surface area contributed by atoms with Crippen LogP contribution in [0.5, 0.6) is 0 Å².